The maximum absolute atomic E-state index is 9.71. The van der Waals surface area contributed by atoms with Gasteiger partial charge in [-0.15, -0.1) is 0 Å². The predicted molar refractivity (Wildman–Crippen MR) is 57.5 cm³/mol. The number of fused-ring (bicyclic) bond motifs is 1. The summed E-state index contributed by atoms with van der Waals surface area (Å²) in [7, 11) is 0. The first-order valence-electron chi connectivity index (χ1n) is 5.69. The summed E-state index contributed by atoms with van der Waals surface area (Å²) in [5, 5.41) is 9.71. The van der Waals surface area contributed by atoms with Gasteiger partial charge in [-0.1, -0.05) is 19.1 Å². The first-order valence-corrected chi connectivity index (χ1v) is 5.69. The quantitative estimate of drug-likeness (QED) is 0.802. The molecule has 1 saturated carbocycles. The molecule has 0 saturated heterocycles. The van der Waals surface area contributed by atoms with E-state index >= 15 is 0 Å². The lowest BCUT2D eigenvalue weighted by Crippen LogP contribution is -2.10. The van der Waals surface area contributed by atoms with E-state index in [0.29, 0.717) is 18.3 Å². The summed E-state index contributed by atoms with van der Waals surface area (Å²) in [5.74, 6) is 1.81. The Bertz CT molecular complexity index is 382. The van der Waals surface area contributed by atoms with Crippen LogP contribution in [0.15, 0.2) is 18.2 Å². The van der Waals surface area contributed by atoms with Gasteiger partial charge in [-0.2, -0.15) is 0 Å². The van der Waals surface area contributed by atoms with Crippen LogP contribution in [-0.4, -0.2) is 5.11 Å². The fourth-order valence-corrected chi connectivity index (χ4v) is 2.58. The number of benzene rings is 1. The van der Waals surface area contributed by atoms with Crippen molar-refractivity contribution in [3.8, 4) is 5.75 Å². The Morgan fingerprint density at radius 1 is 1.40 bits per heavy atom. The van der Waals surface area contributed by atoms with Gasteiger partial charge in [-0.3, -0.25) is 0 Å². The topological polar surface area (TPSA) is 29.5 Å². The van der Waals surface area contributed by atoms with E-state index in [0.717, 1.165) is 11.5 Å². The lowest BCUT2D eigenvalue weighted by molar-refractivity contribution is 0.0214. The Labute approximate surface area is 89.9 Å². The molecule has 2 atom stereocenters. The summed E-state index contributed by atoms with van der Waals surface area (Å²) in [4.78, 5) is 0. The Hall–Kier alpha value is -1.02. The van der Waals surface area contributed by atoms with Crippen LogP contribution in [0.1, 0.15) is 37.0 Å². The molecule has 1 aliphatic heterocycles. The summed E-state index contributed by atoms with van der Waals surface area (Å²) in [6.07, 6.45) is 2.89. The van der Waals surface area contributed by atoms with Crippen LogP contribution in [0.5, 0.6) is 5.75 Å². The molecule has 2 nitrogen and oxygen atoms in total. The van der Waals surface area contributed by atoms with Gasteiger partial charge in [0, 0.05) is 5.56 Å². The number of phenolic OH excluding ortho intramolecular Hbond substituents is 1. The second kappa shape index (κ2) is 3.24. The average molecular weight is 204 g/mol. The van der Waals surface area contributed by atoms with Gasteiger partial charge in [0.15, 0.2) is 0 Å². The summed E-state index contributed by atoms with van der Waals surface area (Å²) < 4.78 is 5.81. The first kappa shape index (κ1) is 9.22. The molecule has 2 unspecified atom stereocenters. The van der Waals surface area contributed by atoms with Crippen molar-refractivity contribution in [2.24, 2.45) is 11.8 Å². The minimum absolute atomic E-state index is 0.208. The van der Waals surface area contributed by atoms with Gasteiger partial charge in [-0.05, 0) is 36.3 Å². The van der Waals surface area contributed by atoms with Crippen molar-refractivity contribution < 1.29 is 9.84 Å². The Balaban J connectivity index is 1.93. The van der Waals surface area contributed by atoms with Crippen LogP contribution >= 0.6 is 0 Å². The molecule has 2 heteroatoms. The fourth-order valence-electron chi connectivity index (χ4n) is 2.58. The summed E-state index contributed by atoms with van der Waals surface area (Å²) in [5.41, 5.74) is 2.20. The van der Waals surface area contributed by atoms with Gasteiger partial charge in [0.2, 0.25) is 0 Å². The number of hydrogen-bond acceptors (Lipinski definition) is 2. The molecule has 1 N–H and O–H groups in total. The molecular weight excluding hydrogens is 188 g/mol. The van der Waals surface area contributed by atoms with E-state index in [-0.39, 0.29) is 6.10 Å². The fraction of sp³-hybridized carbons (Fsp3) is 0.538. The lowest BCUT2D eigenvalue weighted by atomic mass is 9.92. The van der Waals surface area contributed by atoms with Crippen molar-refractivity contribution >= 4 is 0 Å². The zero-order chi connectivity index (χ0) is 10.4. The maximum Gasteiger partial charge on any atom is 0.121 e. The average Bonchev–Trinajstić information content (AvgIpc) is 2.98. The molecule has 1 aliphatic carbocycles. The third-order valence-electron chi connectivity index (χ3n) is 3.74. The molecule has 1 aromatic carbocycles. The lowest BCUT2D eigenvalue weighted by Gasteiger charge is -2.19. The van der Waals surface area contributed by atoms with Crippen molar-refractivity contribution in [2.45, 2.75) is 32.5 Å². The number of aromatic hydroxyl groups is 1. The largest absolute Gasteiger partial charge is 0.508 e. The van der Waals surface area contributed by atoms with Gasteiger partial charge in [0.25, 0.3) is 0 Å². The minimum atomic E-state index is 0.208. The highest BCUT2D eigenvalue weighted by Crippen LogP contribution is 2.48. The SMILES string of the molecule is CC(C1CC1)C1OCc2c(O)cccc21. The van der Waals surface area contributed by atoms with Crippen molar-refractivity contribution in [1.82, 2.24) is 0 Å². The summed E-state index contributed by atoms with van der Waals surface area (Å²) >= 11 is 0. The van der Waals surface area contributed by atoms with E-state index < -0.39 is 0 Å². The van der Waals surface area contributed by atoms with Gasteiger partial charge in [0.05, 0.1) is 12.7 Å². The highest BCUT2D eigenvalue weighted by atomic mass is 16.5. The van der Waals surface area contributed by atoms with E-state index in [1.807, 2.05) is 6.07 Å². The third kappa shape index (κ3) is 1.44. The summed E-state index contributed by atoms with van der Waals surface area (Å²) in [6, 6.07) is 5.74. The number of rotatable bonds is 2. The van der Waals surface area contributed by atoms with Crippen molar-refractivity contribution in [3.63, 3.8) is 0 Å². The molecule has 2 aliphatic rings. The monoisotopic (exact) mass is 204 g/mol. The second-order valence-corrected chi connectivity index (χ2v) is 4.77. The molecule has 0 aromatic heterocycles. The molecule has 0 radical (unpaired) electrons. The highest BCUT2D eigenvalue weighted by Gasteiger charge is 2.38. The number of phenols is 1. The Morgan fingerprint density at radius 2 is 2.20 bits per heavy atom. The number of ether oxygens (including phenoxy) is 1. The van der Waals surface area contributed by atoms with Crippen LogP contribution < -0.4 is 0 Å². The molecule has 1 fully saturated rings. The van der Waals surface area contributed by atoms with Crippen LogP contribution in [0, 0.1) is 11.8 Å². The molecule has 80 valence electrons. The molecule has 0 bridgehead atoms. The smallest absolute Gasteiger partial charge is 0.121 e. The minimum Gasteiger partial charge on any atom is -0.508 e. The van der Waals surface area contributed by atoms with Crippen molar-refractivity contribution in [3.05, 3.63) is 29.3 Å². The summed E-state index contributed by atoms with van der Waals surface area (Å²) in [6.45, 7) is 2.84. The van der Waals surface area contributed by atoms with Gasteiger partial charge in [0.1, 0.15) is 5.75 Å². The van der Waals surface area contributed by atoms with Gasteiger partial charge in [-0.25, -0.2) is 0 Å². The second-order valence-electron chi connectivity index (χ2n) is 4.77. The zero-order valence-corrected chi connectivity index (χ0v) is 8.94. The normalized spacial score (nSPS) is 26.3. The van der Waals surface area contributed by atoms with Gasteiger partial charge < -0.3 is 9.84 Å². The third-order valence-corrected chi connectivity index (χ3v) is 3.74. The highest BCUT2D eigenvalue weighted by molar-refractivity contribution is 5.42. The van der Waals surface area contributed by atoms with E-state index in [1.54, 1.807) is 6.07 Å². The predicted octanol–water partition coefficient (Wildman–Crippen LogP) is 3.01. The van der Waals surface area contributed by atoms with Gasteiger partial charge >= 0.3 is 0 Å². The molecule has 15 heavy (non-hydrogen) atoms. The molecule has 0 amide bonds. The molecule has 1 heterocycles. The number of hydrogen-bond donors (Lipinski definition) is 1. The van der Waals surface area contributed by atoms with Crippen LogP contribution in [0.4, 0.5) is 0 Å². The van der Waals surface area contributed by atoms with Crippen molar-refractivity contribution in [2.75, 3.05) is 0 Å². The molecule has 0 spiro atoms. The van der Waals surface area contributed by atoms with E-state index in [1.165, 1.54) is 18.4 Å². The van der Waals surface area contributed by atoms with Crippen LogP contribution in [0.3, 0.4) is 0 Å². The molecule has 1 aromatic rings. The van der Waals surface area contributed by atoms with Crippen LogP contribution in [-0.2, 0) is 11.3 Å². The Morgan fingerprint density at radius 3 is 2.93 bits per heavy atom. The van der Waals surface area contributed by atoms with E-state index in [4.69, 9.17) is 4.74 Å². The maximum atomic E-state index is 9.71. The van der Waals surface area contributed by atoms with E-state index in [9.17, 15) is 5.11 Å². The van der Waals surface area contributed by atoms with Crippen LogP contribution in [0.2, 0.25) is 0 Å². The molecular formula is C13H16O2. The first-order chi connectivity index (χ1) is 7.27. The zero-order valence-electron chi connectivity index (χ0n) is 8.94. The van der Waals surface area contributed by atoms with E-state index in [2.05, 4.69) is 13.0 Å². The standard InChI is InChI=1S/C13H16O2/c1-8(9-5-6-9)13-10-3-2-4-12(14)11(10)7-15-13/h2-4,8-9,13-14H,5-7H2,1H3. The molecule has 3 rings (SSSR count). The van der Waals surface area contributed by atoms with Crippen LogP contribution in [0.25, 0.3) is 0 Å². The van der Waals surface area contributed by atoms with Crippen molar-refractivity contribution in [1.29, 1.82) is 0 Å². The Kier molecular flexibility index (Phi) is 1.99.